The van der Waals surface area contributed by atoms with Gasteiger partial charge < -0.3 is 9.13 Å². The van der Waals surface area contributed by atoms with Crippen LogP contribution in [0, 0.1) is 28.5 Å². The molecule has 5 heteroatoms. The summed E-state index contributed by atoms with van der Waals surface area (Å²) in [5.41, 5.74) is 6.41. The summed E-state index contributed by atoms with van der Waals surface area (Å²) in [6, 6.07) is 36.8. The van der Waals surface area contributed by atoms with Gasteiger partial charge in [0.05, 0.1) is 45.0 Å². The summed E-state index contributed by atoms with van der Waals surface area (Å²) in [6.07, 6.45) is 0. The molecule has 0 aliphatic heterocycles. The number of para-hydroxylation sites is 2. The summed E-state index contributed by atoms with van der Waals surface area (Å²) in [7, 11) is 0. The summed E-state index contributed by atoms with van der Waals surface area (Å²) < 4.78 is 18.1. The normalized spacial score (nSPS) is 11.3. The standard InChI is InChI=1S/C32H17FN4/c33-22-10-12-23(13-11-22)36-29-8-4-2-6-26(29)31-30(36)16-14-25-24-5-1-3-7-28(24)37(32(25)31)27-15-9-20(18-34)17-21(27)19-35/h1-17H. The quantitative estimate of drug-likeness (QED) is 0.256. The highest BCUT2D eigenvalue weighted by atomic mass is 19.1. The van der Waals surface area contributed by atoms with Crippen LogP contribution in [0.1, 0.15) is 11.1 Å². The second kappa shape index (κ2) is 7.81. The summed E-state index contributed by atoms with van der Waals surface area (Å²) in [5.74, 6) is -0.281. The zero-order valence-corrected chi connectivity index (χ0v) is 19.5. The molecule has 5 aromatic carbocycles. The Labute approximate surface area is 211 Å². The largest absolute Gasteiger partial charge is 0.309 e. The lowest BCUT2D eigenvalue weighted by Gasteiger charge is -2.11. The van der Waals surface area contributed by atoms with Crippen LogP contribution in [0.5, 0.6) is 0 Å². The molecule has 0 unspecified atom stereocenters. The van der Waals surface area contributed by atoms with E-state index in [2.05, 4.69) is 57.7 Å². The van der Waals surface area contributed by atoms with Crippen LogP contribution in [0.4, 0.5) is 4.39 Å². The first-order valence-electron chi connectivity index (χ1n) is 11.9. The van der Waals surface area contributed by atoms with Crippen LogP contribution in [0.25, 0.3) is 55.0 Å². The van der Waals surface area contributed by atoms with Gasteiger partial charge in [0.25, 0.3) is 0 Å². The Balaban J connectivity index is 1.73. The lowest BCUT2D eigenvalue weighted by molar-refractivity contribution is 0.627. The van der Waals surface area contributed by atoms with Crippen molar-refractivity contribution >= 4 is 43.6 Å². The van der Waals surface area contributed by atoms with Gasteiger partial charge in [-0.2, -0.15) is 10.5 Å². The molecule has 37 heavy (non-hydrogen) atoms. The first kappa shape index (κ1) is 20.9. The van der Waals surface area contributed by atoms with Crippen LogP contribution < -0.4 is 0 Å². The van der Waals surface area contributed by atoms with E-state index in [0.717, 1.165) is 55.0 Å². The van der Waals surface area contributed by atoms with Gasteiger partial charge in [-0.25, -0.2) is 4.39 Å². The van der Waals surface area contributed by atoms with Gasteiger partial charge in [-0.3, -0.25) is 0 Å². The molecule has 7 rings (SSSR count). The molecule has 0 radical (unpaired) electrons. The summed E-state index contributed by atoms with van der Waals surface area (Å²) in [5, 5.41) is 23.7. The summed E-state index contributed by atoms with van der Waals surface area (Å²) >= 11 is 0. The Morgan fingerprint density at radius 3 is 2.03 bits per heavy atom. The fraction of sp³-hybridized carbons (Fsp3) is 0. The zero-order valence-electron chi connectivity index (χ0n) is 19.5. The number of nitrogens with zero attached hydrogens (tertiary/aromatic N) is 4. The average Bonchev–Trinajstić information content (AvgIpc) is 3.46. The minimum atomic E-state index is -0.281. The van der Waals surface area contributed by atoms with Gasteiger partial charge in [-0.1, -0.05) is 42.5 Å². The van der Waals surface area contributed by atoms with Crippen LogP contribution in [-0.2, 0) is 0 Å². The molecular weight excluding hydrogens is 459 g/mol. The third kappa shape index (κ3) is 2.92. The highest BCUT2D eigenvalue weighted by Crippen LogP contribution is 2.42. The zero-order chi connectivity index (χ0) is 25.1. The van der Waals surface area contributed by atoms with Crippen molar-refractivity contribution in [1.82, 2.24) is 9.13 Å². The molecule has 0 spiro atoms. The Bertz CT molecular complexity index is 2120. The Morgan fingerprint density at radius 1 is 0.595 bits per heavy atom. The van der Waals surface area contributed by atoms with Gasteiger partial charge >= 0.3 is 0 Å². The highest BCUT2D eigenvalue weighted by Gasteiger charge is 2.21. The number of hydrogen-bond acceptors (Lipinski definition) is 2. The van der Waals surface area contributed by atoms with E-state index in [4.69, 9.17) is 0 Å². The van der Waals surface area contributed by atoms with Crippen molar-refractivity contribution in [2.24, 2.45) is 0 Å². The number of fused-ring (bicyclic) bond motifs is 7. The van der Waals surface area contributed by atoms with Gasteiger partial charge in [-0.05, 0) is 60.7 Å². The first-order chi connectivity index (χ1) is 18.2. The molecule has 0 aliphatic carbocycles. The summed E-state index contributed by atoms with van der Waals surface area (Å²) in [6.45, 7) is 0. The van der Waals surface area contributed by atoms with Crippen molar-refractivity contribution in [3.8, 4) is 23.5 Å². The van der Waals surface area contributed by atoms with E-state index in [-0.39, 0.29) is 5.82 Å². The van der Waals surface area contributed by atoms with E-state index in [9.17, 15) is 14.9 Å². The molecule has 7 aromatic rings. The second-order valence-corrected chi connectivity index (χ2v) is 8.99. The number of nitriles is 2. The van der Waals surface area contributed by atoms with Crippen molar-refractivity contribution < 1.29 is 4.39 Å². The third-order valence-electron chi connectivity index (χ3n) is 7.04. The average molecular weight is 477 g/mol. The Kier molecular flexibility index (Phi) is 4.42. The molecule has 0 fully saturated rings. The molecule has 0 saturated heterocycles. The monoisotopic (exact) mass is 476 g/mol. The maximum Gasteiger partial charge on any atom is 0.123 e. The fourth-order valence-electron chi connectivity index (χ4n) is 5.52. The predicted molar refractivity (Wildman–Crippen MR) is 145 cm³/mol. The van der Waals surface area contributed by atoms with Gasteiger partial charge in [0.2, 0.25) is 0 Å². The van der Waals surface area contributed by atoms with E-state index in [1.807, 2.05) is 30.3 Å². The number of aromatic nitrogens is 2. The molecule has 0 N–H and O–H groups in total. The number of hydrogen-bond donors (Lipinski definition) is 0. The lowest BCUT2D eigenvalue weighted by Crippen LogP contribution is -1.99. The van der Waals surface area contributed by atoms with Gasteiger partial charge in [0.1, 0.15) is 11.9 Å². The van der Waals surface area contributed by atoms with Crippen LogP contribution in [0.15, 0.2) is 103 Å². The van der Waals surface area contributed by atoms with E-state index < -0.39 is 0 Å². The maximum absolute atomic E-state index is 13.8. The van der Waals surface area contributed by atoms with Crippen molar-refractivity contribution in [2.45, 2.75) is 0 Å². The Hall–Kier alpha value is -5.39. The SMILES string of the molecule is N#Cc1ccc(-n2c3ccccc3c3ccc4c(c5ccccc5n4-c4ccc(F)cc4)c32)c(C#N)c1. The molecule has 0 amide bonds. The highest BCUT2D eigenvalue weighted by molar-refractivity contribution is 6.26. The molecular formula is C32H17FN4. The van der Waals surface area contributed by atoms with E-state index in [1.54, 1.807) is 24.3 Å². The number of rotatable bonds is 2. The van der Waals surface area contributed by atoms with Crippen LogP contribution in [0.3, 0.4) is 0 Å². The maximum atomic E-state index is 13.8. The van der Waals surface area contributed by atoms with Crippen LogP contribution in [-0.4, -0.2) is 9.13 Å². The molecule has 2 heterocycles. The number of benzene rings is 5. The number of halogens is 1. The Morgan fingerprint density at radius 2 is 1.30 bits per heavy atom. The van der Waals surface area contributed by atoms with Gasteiger partial charge in [-0.15, -0.1) is 0 Å². The first-order valence-corrected chi connectivity index (χ1v) is 11.9. The molecule has 172 valence electrons. The van der Waals surface area contributed by atoms with Crippen molar-refractivity contribution in [1.29, 1.82) is 10.5 Å². The molecule has 2 aromatic heterocycles. The van der Waals surface area contributed by atoms with Crippen molar-refractivity contribution in [3.63, 3.8) is 0 Å². The summed E-state index contributed by atoms with van der Waals surface area (Å²) in [4.78, 5) is 0. The van der Waals surface area contributed by atoms with E-state index in [1.165, 1.54) is 12.1 Å². The van der Waals surface area contributed by atoms with Gasteiger partial charge in [0, 0.05) is 27.2 Å². The molecule has 0 atom stereocenters. The molecule has 4 nitrogen and oxygen atoms in total. The van der Waals surface area contributed by atoms with Gasteiger partial charge in [0.15, 0.2) is 0 Å². The smallest absolute Gasteiger partial charge is 0.123 e. The topological polar surface area (TPSA) is 57.4 Å². The predicted octanol–water partition coefficient (Wildman–Crippen LogP) is 7.76. The van der Waals surface area contributed by atoms with Crippen molar-refractivity contribution in [2.75, 3.05) is 0 Å². The minimum absolute atomic E-state index is 0.281. The lowest BCUT2D eigenvalue weighted by atomic mass is 10.1. The molecule has 0 aliphatic rings. The van der Waals surface area contributed by atoms with E-state index in [0.29, 0.717) is 11.1 Å². The second-order valence-electron chi connectivity index (χ2n) is 8.99. The van der Waals surface area contributed by atoms with Crippen LogP contribution in [0.2, 0.25) is 0 Å². The fourth-order valence-corrected chi connectivity index (χ4v) is 5.52. The van der Waals surface area contributed by atoms with Crippen LogP contribution >= 0.6 is 0 Å². The minimum Gasteiger partial charge on any atom is -0.309 e. The third-order valence-corrected chi connectivity index (χ3v) is 7.04. The van der Waals surface area contributed by atoms with E-state index >= 15 is 0 Å². The molecule has 0 saturated carbocycles. The van der Waals surface area contributed by atoms with Crippen molar-refractivity contribution in [3.05, 3.63) is 120 Å². The molecule has 0 bridgehead atoms.